The largest absolute Gasteiger partial charge is 0.472 e. The lowest BCUT2D eigenvalue weighted by molar-refractivity contribution is -0.123. The van der Waals surface area contributed by atoms with Crippen LogP contribution in [0.5, 0.6) is 0 Å². The highest BCUT2D eigenvalue weighted by Crippen LogP contribution is 2.43. The maximum Gasteiger partial charge on any atom is 0.472 e. The third kappa shape index (κ3) is 37.6. The fourth-order valence-electron chi connectivity index (χ4n) is 6.84. The predicted molar refractivity (Wildman–Crippen MR) is 217 cm³/mol. The van der Waals surface area contributed by atoms with Gasteiger partial charge in [0.05, 0.1) is 25.4 Å². The second kappa shape index (κ2) is 39.2. The fourth-order valence-corrected chi connectivity index (χ4v) is 7.60. The van der Waals surface area contributed by atoms with Crippen molar-refractivity contribution < 1.29 is 28.4 Å². The molecule has 1 amide bonds. The summed E-state index contributed by atoms with van der Waals surface area (Å²) in [5.41, 5.74) is 5.38. The van der Waals surface area contributed by atoms with E-state index in [2.05, 4.69) is 19.2 Å². The van der Waals surface area contributed by atoms with Crippen molar-refractivity contribution in [3.05, 3.63) is 0 Å². The molecule has 0 aromatic rings. The van der Waals surface area contributed by atoms with Gasteiger partial charge in [-0.3, -0.25) is 13.8 Å². The van der Waals surface area contributed by atoms with E-state index in [1.54, 1.807) is 0 Å². The molecule has 9 heteroatoms. The molecule has 1 unspecified atom stereocenters. The summed E-state index contributed by atoms with van der Waals surface area (Å²) in [5.74, 6) is -0.157. The Labute approximate surface area is 316 Å². The molecular weight excluding hydrogens is 659 g/mol. The van der Waals surface area contributed by atoms with Crippen LogP contribution in [0.3, 0.4) is 0 Å². The Morgan fingerprint density at radius 3 is 1.25 bits per heavy atom. The van der Waals surface area contributed by atoms with E-state index in [0.717, 1.165) is 38.5 Å². The van der Waals surface area contributed by atoms with Crippen molar-refractivity contribution in [3.63, 3.8) is 0 Å². The molecule has 0 saturated carbocycles. The van der Waals surface area contributed by atoms with Crippen molar-refractivity contribution >= 4 is 13.7 Å². The molecule has 0 fully saturated rings. The van der Waals surface area contributed by atoms with Crippen LogP contribution in [0.4, 0.5) is 0 Å². The summed E-state index contributed by atoms with van der Waals surface area (Å²) in [4.78, 5) is 22.7. The van der Waals surface area contributed by atoms with E-state index in [1.807, 2.05) is 0 Å². The third-order valence-electron chi connectivity index (χ3n) is 10.2. The highest BCUT2D eigenvalue weighted by atomic mass is 31.2. The molecular formula is C42H87N2O6P. The number of amides is 1. The molecule has 5 N–H and O–H groups in total. The zero-order chi connectivity index (χ0) is 37.5. The number of carbonyl (C=O) groups excluding carboxylic acids is 1. The quantitative estimate of drug-likeness (QED) is 0.0361. The smallest absolute Gasteiger partial charge is 0.391 e. The van der Waals surface area contributed by atoms with Crippen LogP contribution in [0, 0.1) is 0 Å². The summed E-state index contributed by atoms with van der Waals surface area (Å²) in [5, 5.41) is 13.8. The third-order valence-corrected chi connectivity index (χ3v) is 11.2. The van der Waals surface area contributed by atoms with Crippen molar-refractivity contribution in [3.8, 4) is 0 Å². The number of hydrogen-bond acceptors (Lipinski definition) is 6. The Balaban J connectivity index is 4.11. The Bertz CT molecular complexity index is 774. The summed E-state index contributed by atoms with van der Waals surface area (Å²) in [6.45, 7) is 4.24. The molecule has 0 aliphatic carbocycles. The van der Waals surface area contributed by atoms with Gasteiger partial charge in [0.25, 0.3) is 0 Å². The van der Waals surface area contributed by atoms with Crippen molar-refractivity contribution in [2.45, 2.75) is 244 Å². The van der Waals surface area contributed by atoms with Crippen molar-refractivity contribution in [2.75, 3.05) is 19.8 Å². The topological polar surface area (TPSA) is 131 Å². The minimum Gasteiger partial charge on any atom is -0.391 e. The van der Waals surface area contributed by atoms with E-state index in [4.69, 9.17) is 14.8 Å². The lowest BCUT2D eigenvalue weighted by atomic mass is 10.0. The molecule has 8 nitrogen and oxygen atoms in total. The molecule has 0 aromatic carbocycles. The second-order valence-corrected chi connectivity index (χ2v) is 16.7. The van der Waals surface area contributed by atoms with Gasteiger partial charge >= 0.3 is 7.82 Å². The van der Waals surface area contributed by atoms with Crippen LogP contribution in [0.15, 0.2) is 0 Å². The minimum atomic E-state index is -4.31. The number of nitrogens with one attached hydrogen (secondary N) is 1. The van der Waals surface area contributed by atoms with Crippen molar-refractivity contribution in [1.29, 1.82) is 0 Å². The van der Waals surface area contributed by atoms with Crippen LogP contribution in [-0.4, -0.2) is 47.8 Å². The van der Waals surface area contributed by atoms with E-state index < -0.39 is 20.0 Å². The van der Waals surface area contributed by atoms with E-state index in [1.165, 1.54) is 167 Å². The maximum absolute atomic E-state index is 12.8. The molecule has 0 spiro atoms. The average molecular weight is 747 g/mol. The number of carbonyl (C=O) groups is 1. The summed E-state index contributed by atoms with van der Waals surface area (Å²) < 4.78 is 22.2. The zero-order valence-corrected chi connectivity index (χ0v) is 34.8. The van der Waals surface area contributed by atoms with E-state index in [9.17, 15) is 19.4 Å². The lowest BCUT2D eigenvalue weighted by Gasteiger charge is -2.25. The van der Waals surface area contributed by atoms with Gasteiger partial charge in [0.2, 0.25) is 5.91 Å². The van der Waals surface area contributed by atoms with Gasteiger partial charge in [-0.05, 0) is 12.8 Å². The van der Waals surface area contributed by atoms with Gasteiger partial charge in [-0.2, -0.15) is 0 Å². The number of rotatable bonds is 42. The Morgan fingerprint density at radius 2 is 0.902 bits per heavy atom. The highest BCUT2D eigenvalue weighted by molar-refractivity contribution is 7.47. The first-order chi connectivity index (χ1) is 24.9. The van der Waals surface area contributed by atoms with Crippen LogP contribution in [-0.2, 0) is 18.4 Å². The van der Waals surface area contributed by atoms with Gasteiger partial charge in [0.1, 0.15) is 0 Å². The Morgan fingerprint density at radius 1 is 0.569 bits per heavy atom. The summed E-state index contributed by atoms with van der Waals surface area (Å²) in [6.07, 6.45) is 41.0. The van der Waals surface area contributed by atoms with Crippen LogP contribution in [0.25, 0.3) is 0 Å². The molecule has 0 heterocycles. The average Bonchev–Trinajstić information content (AvgIpc) is 3.12. The minimum absolute atomic E-state index is 0.0925. The molecule has 0 aliphatic heterocycles. The summed E-state index contributed by atoms with van der Waals surface area (Å²) in [6, 6.07) is -0.767. The number of phosphoric ester groups is 1. The molecule has 51 heavy (non-hydrogen) atoms. The number of unbranched alkanes of at least 4 members (excludes halogenated alkanes) is 30. The van der Waals surface area contributed by atoms with Gasteiger partial charge in [-0.1, -0.05) is 213 Å². The van der Waals surface area contributed by atoms with E-state index >= 15 is 0 Å². The number of phosphoric acid groups is 1. The molecule has 0 rings (SSSR count). The van der Waals surface area contributed by atoms with Gasteiger partial charge in [-0.25, -0.2) is 4.57 Å². The van der Waals surface area contributed by atoms with E-state index in [0.29, 0.717) is 12.8 Å². The second-order valence-electron chi connectivity index (χ2n) is 15.3. The highest BCUT2D eigenvalue weighted by Gasteiger charge is 2.27. The van der Waals surface area contributed by atoms with Crippen LogP contribution in [0.1, 0.15) is 232 Å². The van der Waals surface area contributed by atoms with Gasteiger partial charge in [-0.15, -0.1) is 0 Å². The van der Waals surface area contributed by atoms with Crippen LogP contribution >= 0.6 is 7.82 Å². The summed E-state index contributed by atoms with van der Waals surface area (Å²) in [7, 11) is -4.31. The standard InChI is InChI=1S/C42H87N2O6P/c1-3-5-7-9-11-13-15-17-19-21-23-25-27-29-31-33-35-41(45)40(39-50-51(47,48)49-38-37-43)44-42(46)36-34-32-30-28-26-24-22-20-18-16-14-12-10-8-6-4-2/h40-41,45H,3-39,43H2,1-2H3,(H,44,46)(H,47,48)/t40-,41+/m0/s1. The molecule has 0 aliphatic rings. The van der Waals surface area contributed by atoms with Gasteiger partial charge in [0.15, 0.2) is 0 Å². The number of nitrogens with two attached hydrogens (primary N) is 1. The monoisotopic (exact) mass is 747 g/mol. The first kappa shape index (κ1) is 50.5. The Hall–Kier alpha value is -0.500. The SMILES string of the molecule is CCCCCCCCCCCCCCCCCCC(=O)N[C@@H](COP(=O)(O)OCCN)[C@H](O)CCCCCCCCCCCCCCCCCC. The van der Waals surface area contributed by atoms with Gasteiger partial charge in [0, 0.05) is 13.0 Å². The molecule has 0 aromatic heterocycles. The lowest BCUT2D eigenvalue weighted by Crippen LogP contribution is -2.46. The van der Waals surface area contributed by atoms with Crippen molar-refractivity contribution in [2.24, 2.45) is 5.73 Å². The molecule has 0 bridgehead atoms. The molecule has 0 radical (unpaired) electrons. The van der Waals surface area contributed by atoms with Crippen molar-refractivity contribution in [1.82, 2.24) is 5.32 Å². The molecule has 3 atom stereocenters. The first-order valence-electron chi connectivity index (χ1n) is 22.2. The summed E-state index contributed by atoms with van der Waals surface area (Å²) >= 11 is 0. The van der Waals surface area contributed by atoms with Crippen LogP contribution < -0.4 is 11.1 Å². The maximum atomic E-state index is 12.8. The first-order valence-corrected chi connectivity index (χ1v) is 23.6. The number of hydrogen-bond donors (Lipinski definition) is 4. The van der Waals surface area contributed by atoms with Gasteiger partial charge < -0.3 is 21.1 Å². The number of aliphatic hydroxyl groups is 1. The number of aliphatic hydroxyl groups excluding tert-OH is 1. The van der Waals surface area contributed by atoms with Crippen LogP contribution in [0.2, 0.25) is 0 Å². The zero-order valence-electron chi connectivity index (χ0n) is 33.9. The van der Waals surface area contributed by atoms with E-state index in [-0.39, 0.29) is 25.7 Å². The predicted octanol–water partition coefficient (Wildman–Crippen LogP) is 12.2. The fraction of sp³-hybridized carbons (Fsp3) is 0.976. The Kier molecular flexibility index (Phi) is 38.8. The molecule has 0 saturated heterocycles. The molecule has 306 valence electrons. The normalized spacial score (nSPS) is 14.1.